The topological polar surface area (TPSA) is 41.6 Å². The highest BCUT2D eigenvalue weighted by molar-refractivity contribution is 5.80. The van der Waals surface area contributed by atoms with E-state index in [0.29, 0.717) is 12.0 Å². The summed E-state index contributed by atoms with van der Waals surface area (Å²) in [6, 6.07) is 0. The van der Waals surface area contributed by atoms with E-state index in [-0.39, 0.29) is 12.1 Å². The fraction of sp³-hybridized carbons (Fsp3) is 0.917. The molecule has 0 spiro atoms. The standard InChI is InChI=1S/C12H22N2O2/c1-3-10-13-8-11(15)14(10)9-12(4-5-12)6-7-16-2/h10,13H,3-9H2,1-2H3. The van der Waals surface area contributed by atoms with Crippen molar-refractivity contribution >= 4 is 5.91 Å². The van der Waals surface area contributed by atoms with Crippen LogP contribution in [0.15, 0.2) is 0 Å². The van der Waals surface area contributed by atoms with Gasteiger partial charge >= 0.3 is 0 Å². The second-order valence-electron chi connectivity index (χ2n) is 5.07. The highest BCUT2D eigenvalue weighted by atomic mass is 16.5. The molecule has 0 aromatic heterocycles. The van der Waals surface area contributed by atoms with Crippen molar-refractivity contribution in [2.45, 2.75) is 38.8 Å². The number of amides is 1. The van der Waals surface area contributed by atoms with E-state index in [4.69, 9.17) is 4.74 Å². The lowest BCUT2D eigenvalue weighted by Gasteiger charge is -2.28. The first kappa shape index (κ1) is 11.9. The SMILES string of the molecule is CCC1NCC(=O)N1CC1(CCOC)CC1. The summed E-state index contributed by atoms with van der Waals surface area (Å²) in [7, 11) is 1.74. The number of hydrogen-bond acceptors (Lipinski definition) is 3. The van der Waals surface area contributed by atoms with Gasteiger partial charge in [-0.15, -0.1) is 0 Å². The first-order chi connectivity index (χ1) is 7.71. The monoisotopic (exact) mass is 226 g/mol. The van der Waals surface area contributed by atoms with Crippen molar-refractivity contribution in [1.82, 2.24) is 10.2 Å². The number of carbonyl (C=O) groups excluding carboxylic acids is 1. The van der Waals surface area contributed by atoms with Gasteiger partial charge < -0.3 is 9.64 Å². The Balaban J connectivity index is 1.90. The highest BCUT2D eigenvalue weighted by Crippen LogP contribution is 2.49. The van der Waals surface area contributed by atoms with Crippen LogP contribution in [0.25, 0.3) is 0 Å². The van der Waals surface area contributed by atoms with Gasteiger partial charge in [0.15, 0.2) is 0 Å². The molecule has 1 N–H and O–H groups in total. The van der Waals surface area contributed by atoms with Gasteiger partial charge in [-0.05, 0) is 31.1 Å². The largest absolute Gasteiger partial charge is 0.385 e. The normalized spacial score (nSPS) is 27.5. The average Bonchev–Trinajstić information content (AvgIpc) is 2.97. The second-order valence-corrected chi connectivity index (χ2v) is 5.07. The lowest BCUT2D eigenvalue weighted by Crippen LogP contribution is -2.40. The molecule has 2 rings (SSSR count). The van der Waals surface area contributed by atoms with Gasteiger partial charge in [0, 0.05) is 20.3 Å². The summed E-state index contributed by atoms with van der Waals surface area (Å²) in [5.74, 6) is 0.260. The first-order valence-corrected chi connectivity index (χ1v) is 6.22. The van der Waals surface area contributed by atoms with Crippen molar-refractivity contribution < 1.29 is 9.53 Å². The summed E-state index contributed by atoms with van der Waals surface area (Å²) in [5, 5.41) is 3.26. The predicted molar refractivity (Wildman–Crippen MR) is 62.0 cm³/mol. The number of rotatable bonds is 6. The predicted octanol–water partition coefficient (Wildman–Crippen LogP) is 0.971. The number of ether oxygens (including phenoxy) is 1. The molecule has 1 heterocycles. The van der Waals surface area contributed by atoms with E-state index in [1.165, 1.54) is 12.8 Å². The molecule has 1 aliphatic heterocycles. The Morgan fingerprint density at radius 1 is 1.56 bits per heavy atom. The molecule has 1 aliphatic carbocycles. The average molecular weight is 226 g/mol. The van der Waals surface area contributed by atoms with Crippen LogP contribution in [0, 0.1) is 5.41 Å². The van der Waals surface area contributed by atoms with Crippen LogP contribution in [0.1, 0.15) is 32.6 Å². The zero-order valence-electron chi connectivity index (χ0n) is 10.3. The molecule has 0 aromatic rings. The zero-order valence-corrected chi connectivity index (χ0v) is 10.3. The smallest absolute Gasteiger partial charge is 0.237 e. The van der Waals surface area contributed by atoms with Crippen molar-refractivity contribution in [3.8, 4) is 0 Å². The number of hydrogen-bond donors (Lipinski definition) is 1. The fourth-order valence-corrected chi connectivity index (χ4v) is 2.50. The summed E-state index contributed by atoms with van der Waals surface area (Å²) in [6.07, 6.45) is 4.83. The van der Waals surface area contributed by atoms with Gasteiger partial charge in [-0.25, -0.2) is 0 Å². The third-order valence-corrected chi connectivity index (χ3v) is 3.87. The van der Waals surface area contributed by atoms with Crippen molar-refractivity contribution in [3.63, 3.8) is 0 Å². The molecule has 1 unspecified atom stereocenters. The second kappa shape index (κ2) is 4.72. The van der Waals surface area contributed by atoms with Crippen LogP contribution in [0.2, 0.25) is 0 Å². The molecule has 2 aliphatic rings. The zero-order chi connectivity index (χ0) is 11.6. The molecule has 1 saturated carbocycles. The summed E-state index contributed by atoms with van der Waals surface area (Å²) in [5.41, 5.74) is 0.366. The molecular weight excluding hydrogens is 204 g/mol. The number of nitrogens with zero attached hydrogens (tertiary/aromatic N) is 1. The third-order valence-electron chi connectivity index (χ3n) is 3.87. The fourth-order valence-electron chi connectivity index (χ4n) is 2.50. The molecule has 1 saturated heterocycles. The molecule has 0 bridgehead atoms. The maximum absolute atomic E-state index is 11.8. The van der Waals surface area contributed by atoms with E-state index in [2.05, 4.69) is 12.2 Å². The van der Waals surface area contributed by atoms with Gasteiger partial charge in [-0.3, -0.25) is 10.1 Å². The summed E-state index contributed by atoms with van der Waals surface area (Å²) < 4.78 is 5.14. The number of methoxy groups -OCH3 is 1. The molecule has 2 fully saturated rings. The molecule has 4 heteroatoms. The number of carbonyl (C=O) groups is 1. The van der Waals surface area contributed by atoms with Gasteiger partial charge in [0.25, 0.3) is 0 Å². The summed E-state index contributed by atoms with van der Waals surface area (Å²) >= 11 is 0. The van der Waals surface area contributed by atoms with E-state index in [1.807, 2.05) is 4.90 Å². The van der Waals surface area contributed by atoms with E-state index >= 15 is 0 Å². The van der Waals surface area contributed by atoms with Crippen LogP contribution in [0.5, 0.6) is 0 Å². The minimum Gasteiger partial charge on any atom is -0.385 e. The molecule has 0 aromatic carbocycles. The minimum absolute atomic E-state index is 0.257. The van der Waals surface area contributed by atoms with Gasteiger partial charge in [0.05, 0.1) is 12.7 Å². The quantitative estimate of drug-likeness (QED) is 0.734. The molecule has 0 radical (unpaired) electrons. The van der Waals surface area contributed by atoms with Gasteiger partial charge in [-0.1, -0.05) is 6.92 Å². The molecule has 1 atom stereocenters. The summed E-state index contributed by atoms with van der Waals surface area (Å²) in [4.78, 5) is 13.8. The lowest BCUT2D eigenvalue weighted by molar-refractivity contribution is -0.129. The van der Waals surface area contributed by atoms with E-state index in [9.17, 15) is 4.79 Å². The Morgan fingerprint density at radius 2 is 2.31 bits per heavy atom. The van der Waals surface area contributed by atoms with E-state index < -0.39 is 0 Å². The lowest BCUT2D eigenvalue weighted by atomic mass is 10.0. The van der Waals surface area contributed by atoms with Gasteiger partial charge in [0.2, 0.25) is 5.91 Å². The van der Waals surface area contributed by atoms with Crippen molar-refractivity contribution in [2.24, 2.45) is 5.41 Å². The van der Waals surface area contributed by atoms with Gasteiger partial charge in [0.1, 0.15) is 0 Å². The Labute approximate surface area is 97.3 Å². The molecule has 1 amide bonds. The van der Waals surface area contributed by atoms with E-state index in [0.717, 1.165) is 26.0 Å². The van der Waals surface area contributed by atoms with Crippen molar-refractivity contribution in [1.29, 1.82) is 0 Å². The molecule has 92 valence electrons. The Bertz CT molecular complexity index is 264. The molecular formula is C12H22N2O2. The molecule has 4 nitrogen and oxygen atoms in total. The maximum Gasteiger partial charge on any atom is 0.237 e. The highest BCUT2D eigenvalue weighted by Gasteiger charge is 2.46. The van der Waals surface area contributed by atoms with Crippen LogP contribution >= 0.6 is 0 Å². The third kappa shape index (κ3) is 2.38. The maximum atomic E-state index is 11.8. The van der Waals surface area contributed by atoms with E-state index in [1.54, 1.807) is 7.11 Å². The number of nitrogens with one attached hydrogen (secondary N) is 1. The van der Waals surface area contributed by atoms with Crippen LogP contribution < -0.4 is 5.32 Å². The van der Waals surface area contributed by atoms with Gasteiger partial charge in [-0.2, -0.15) is 0 Å². The first-order valence-electron chi connectivity index (χ1n) is 6.22. The van der Waals surface area contributed by atoms with Crippen LogP contribution in [-0.4, -0.2) is 43.8 Å². The van der Waals surface area contributed by atoms with Crippen molar-refractivity contribution in [3.05, 3.63) is 0 Å². The van der Waals surface area contributed by atoms with Crippen LogP contribution in [-0.2, 0) is 9.53 Å². The minimum atomic E-state index is 0.257. The van der Waals surface area contributed by atoms with Crippen molar-refractivity contribution in [2.75, 3.05) is 26.8 Å². The molecule has 16 heavy (non-hydrogen) atoms. The Hall–Kier alpha value is -0.610. The Kier molecular flexibility index (Phi) is 3.50. The summed E-state index contributed by atoms with van der Waals surface area (Å²) in [6.45, 7) is 4.36. The van der Waals surface area contributed by atoms with Crippen LogP contribution in [0.4, 0.5) is 0 Å². The Morgan fingerprint density at radius 3 is 2.88 bits per heavy atom. The van der Waals surface area contributed by atoms with Crippen LogP contribution in [0.3, 0.4) is 0 Å².